The number of aromatic nitrogens is 2. The standard InChI is InChI=1S/C24H20N4O2/c1-15-12-24(20-14-17(28(29)30)8-10-21(20)25-15)26(2)16-9-11-23-19(13-16)18-6-4-5-7-22(18)27(23)3/h4-14H,1-3H3. The number of non-ortho nitro benzene ring substituents is 1. The number of nitro benzene ring substituents is 1. The van der Waals surface area contributed by atoms with Crippen LogP contribution in [0.15, 0.2) is 66.7 Å². The Morgan fingerprint density at radius 1 is 0.933 bits per heavy atom. The van der Waals surface area contributed by atoms with E-state index in [1.807, 2.05) is 26.1 Å². The highest BCUT2D eigenvalue weighted by molar-refractivity contribution is 6.09. The van der Waals surface area contributed by atoms with Gasteiger partial charge in [0.25, 0.3) is 5.69 Å². The first kappa shape index (κ1) is 18.1. The van der Waals surface area contributed by atoms with E-state index >= 15 is 0 Å². The lowest BCUT2D eigenvalue weighted by atomic mass is 10.1. The van der Waals surface area contributed by atoms with Gasteiger partial charge in [-0.1, -0.05) is 18.2 Å². The number of hydrogen-bond acceptors (Lipinski definition) is 4. The SMILES string of the molecule is Cc1cc(N(C)c2ccc3c(c2)c2ccccc2n3C)c2cc([N+](=O)[O-])ccc2n1. The second kappa shape index (κ2) is 6.56. The Kier molecular flexibility index (Phi) is 3.96. The molecular formula is C24H20N4O2. The number of rotatable bonds is 3. The van der Waals surface area contributed by atoms with E-state index < -0.39 is 0 Å². The molecule has 2 heterocycles. The van der Waals surface area contributed by atoms with Gasteiger partial charge in [0, 0.05) is 64.8 Å². The largest absolute Gasteiger partial charge is 0.344 e. The van der Waals surface area contributed by atoms with E-state index in [4.69, 9.17) is 0 Å². The summed E-state index contributed by atoms with van der Waals surface area (Å²) < 4.78 is 2.20. The molecular weight excluding hydrogens is 376 g/mol. The Morgan fingerprint density at radius 2 is 1.70 bits per heavy atom. The number of fused-ring (bicyclic) bond motifs is 4. The zero-order valence-corrected chi connectivity index (χ0v) is 17.0. The Hall–Kier alpha value is -3.93. The quantitative estimate of drug-likeness (QED) is 0.283. The lowest BCUT2D eigenvalue weighted by molar-refractivity contribution is -0.384. The van der Waals surface area contributed by atoms with Crippen molar-refractivity contribution in [3.8, 4) is 0 Å². The van der Waals surface area contributed by atoms with Crippen molar-refractivity contribution in [3.05, 3.63) is 82.5 Å². The number of anilines is 2. The van der Waals surface area contributed by atoms with Gasteiger partial charge in [0.1, 0.15) is 0 Å². The highest BCUT2D eigenvalue weighted by Gasteiger charge is 2.16. The van der Waals surface area contributed by atoms with Gasteiger partial charge < -0.3 is 9.47 Å². The molecule has 5 aromatic rings. The van der Waals surface area contributed by atoms with Crippen molar-refractivity contribution in [2.24, 2.45) is 7.05 Å². The number of nitrogens with zero attached hydrogens (tertiary/aromatic N) is 4. The first-order valence-electron chi connectivity index (χ1n) is 9.71. The summed E-state index contributed by atoms with van der Waals surface area (Å²) in [5, 5.41) is 14.4. The van der Waals surface area contributed by atoms with Gasteiger partial charge in [-0.15, -0.1) is 0 Å². The zero-order valence-electron chi connectivity index (χ0n) is 17.0. The van der Waals surface area contributed by atoms with Crippen LogP contribution < -0.4 is 4.90 Å². The molecule has 0 aliphatic heterocycles. The molecule has 0 aliphatic carbocycles. The molecule has 0 unspecified atom stereocenters. The van der Waals surface area contributed by atoms with Crippen LogP contribution >= 0.6 is 0 Å². The van der Waals surface area contributed by atoms with Crippen LogP contribution in [0.4, 0.5) is 17.1 Å². The highest BCUT2D eigenvalue weighted by atomic mass is 16.6. The molecule has 0 aliphatic rings. The van der Waals surface area contributed by atoms with Crippen molar-refractivity contribution in [1.29, 1.82) is 0 Å². The summed E-state index contributed by atoms with van der Waals surface area (Å²) in [6.07, 6.45) is 0. The Bertz CT molecular complexity index is 1470. The second-order valence-corrected chi connectivity index (χ2v) is 7.58. The molecule has 6 nitrogen and oxygen atoms in total. The number of para-hydroxylation sites is 1. The molecule has 2 aromatic heterocycles. The molecule has 148 valence electrons. The van der Waals surface area contributed by atoms with Crippen LogP contribution in [0.3, 0.4) is 0 Å². The van der Waals surface area contributed by atoms with E-state index in [-0.39, 0.29) is 10.6 Å². The fourth-order valence-corrected chi connectivity index (χ4v) is 4.22. The van der Waals surface area contributed by atoms with Gasteiger partial charge in [0.2, 0.25) is 0 Å². The van der Waals surface area contributed by atoms with Crippen LogP contribution in [0.25, 0.3) is 32.7 Å². The molecule has 0 radical (unpaired) electrons. The second-order valence-electron chi connectivity index (χ2n) is 7.58. The summed E-state index contributed by atoms with van der Waals surface area (Å²) in [5.74, 6) is 0. The topological polar surface area (TPSA) is 64.2 Å². The lowest BCUT2D eigenvalue weighted by Crippen LogP contribution is -2.10. The first-order chi connectivity index (χ1) is 14.4. The van der Waals surface area contributed by atoms with Gasteiger partial charge in [-0.2, -0.15) is 0 Å². The van der Waals surface area contributed by atoms with Gasteiger partial charge in [0.05, 0.1) is 16.1 Å². The summed E-state index contributed by atoms with van der Waals surface area (Å²) >= 11 is 0. The third-order valence-corrected chi connectivity index (χ3v) is 5.76. The van der Waals surface area contributed by atoms with Crippen LogP contribution in [0, 0.1) is 17.0 Å². The predicted molar refractivity (Wildman–Crippen MR) is 122 cm³/mol. The van der Waals surface area contributed by atoms with E-state index in [0.717, 1.165) is 28.0 Å². The predicted octanol–water partition coefficient (Wildman–Crippen LogP) is 5.86. The first-order valence-corrected chi connectivity index (χ1v) is 9.71. The average molecular weight is 396 g/mol. The summed E-state index contributed by atoms with van der Waals surface area (Å²) in [6.45, 7) is 1.94. The van der Waals surface area contributed by atoms with Crippen LogP contribution in [-0.4, -0.2) is 21.5 Å². The van der Waals surface area contributed by atoms with Crippen molar-refractivity contribution in [1.82, 2.24) is 9.55 Å². The zero-order chi connectivity index (χ0) is 21.0. The Labute approximate surface area is 173 Å². The normalized spacial score (nSPS) is 11.4. The maximum atomic E-state index is 11.3. The van der Waals surface area contributed by atoms with Crippen molar-refractivity contribution < 1.29 is 4.92 Å². The number of aryl methyl sites for hydroxylation is 2. The Balaban J connectivity index is 1.72. The molecule has 30 heavy (non-hydrogen) atoms. The minimum Gasteiger partial charge on any atom is -0.344 e. The van der Waals surface area contributed by atoms with Gasteiger partial charge in [-0.05, 0) is 43.3 Å². The van der Waals surface area contributed by atoms with Crippen molar-refractivity contribution in [2.45, 2.75) is 6.92 Å². The molecule has 0 bridgehead atoms. The maximum Gasteiger partial charge on any atom is 0.270 e. The molecule has 3 aromatic carbocycles. The minimum absolute atomic E-state index is 0.0623. The number of pyridine rings is 1. The van der Waals surface area contributed by atoms with E-state index in [1.54, 1.807) is 12.1 Å². The smallest absolute Gasteiger partial charge is 0.270 e. The lowest BCUT2D eigenvalue weighted by Gasteiger charge is -2.22. The van der Waals surface area contributed by atoms with Crippen LogP contribution in [0.1, 0.15) is 5.69 Å². The molecule has 5 rings (SSSR count). The molecule has 0 saturated heterocycles. The number of hydrogen-bond donors (Lipinski definition) is 0. The maximum absolute atomic E-state index is 11.3. The van der Waals surface area contributed by atoms with Crippen molar-refractivity contribution in [2.75, 3.05) is 11.9 Å². The number of nitro groups is 1. The van der Waals surface area contributed by atoms with E-state index in [0.29, 0.717) is 0 Å². The van der Waals surface area contributed by atoms with Gasteiger partial charge in [-0.3, -0.25) is 15.1 Å². The summed E-state index contributed by atoms with van der Waals surface area (Å²) in [5.41, 5.74) is 5.93. The van der Waals surface area contributed by atoms with Crippen molar-refractivity contribution in [3.63, 3.8) is 0 Å². The van der Waals surface area contributed by atoms with E-state index in [2.05, 4.69) is 57.9 Å². The molecule has 0 amide bonds. The Morgan fingerprint density at radius 3 is 2.50 bits per heavy atom. The van der Waals surface area contributed by atoms with Gasteiger partial charge >= 0.3 is 0 Å². The van der Waals surface area contributed by atoms with E-state index in [9.17, 15) is 10.1 Å². The van der Waals surface area contributed by atoms with Crippen molar-refractivity contribution >= 4 is 49.8 Å². The molecule has 0 saturated carbocycles. The molecule has 0 atom stereocenters. The third-order valence-electron chi connectivity index (χ3n) is 5.76. The number of benzene rings is 3. The fourth-order valence-electron chi connectivity index (χ4n) is 4.22. The third kappa shape index (κ3) is 2.69. The minimum atomic E-state index is -0.370. The van der Waals surface area contributed by atoms with Gasteiger partial charge in [-0.25, -0.2) is 0 Å². The van der Waals surface area contributed by atoms with Crippen LogP contribution in [0.5, 0.6) is 0 Å². The molecule has 6 heteroatoms. The summed E-state index contributed by atoms with van der Waals surface area (Å²) in [4.78, 5) is 17.6. The average Bonchev–Trinajstić information content (AvgIpc) is 3.04. The molecule has 0 spiro atoms. The summed E-state index contributed by atoms with van der Waals surface area (Å²) in [6, 6.07) is 21.5. The van der Waals surface area contributed by atoms with Crippen LogP contribution in [0.2, 0.25) is 0 Å². The fraction of sp³-hybridized carbons (Fsp3) is 0.125. The van der Waals surface area contributed by atoms with Crippen LogP contribution in [-0.2, 0) is 7.05 Å². The summed E-state index contributed by atoms with van der Waals surface area (Å²) in [7, 11) is 4.06. The monoisotopic (exact) mass is 396 g/mol. The van der Waals surface area contributed by atoms with E-state index in [1.165, 1.54) is 27.9 Å². The highest BCUT2D eigenvalue weighted by Crippen LogP contribution is 2.36. The van der Waals surface area contributed by atoms with Gasteiger partial charge in [0.15, 0.2) is 0 Å². The molecule has 0 fully saturated rings. The molecule has 0 N–H and O–H groups in total.